The summed E-state index contributed by atoms with van der Waals surface area (Å²) in [6.07, 6.45) is 0.490. The van der Waals surface area contributed by atoms with Gasteiger partial charge >= 0.3 is 0 Å². The first-order valence-electron chi connectivity index (χ1n) is 4.98. The van der Waals surface area contributed by atoms with E-state index in [1.54, 1.807) is 0 Å². The van der Waals surface area contributed by atoms with Crippen molar-refractivity contribution < 1.29 is 4.79 Å². The van der Waals surface area contributed by atoms with Crippen LogP contribution in [0.1, 0.15) is 6.42 Å². The maximum atomic E-state index is 11.6. The molecule has 6 nitrogen and oxygen atoms in total. The molecule has 16 heavy (non-hydrogen) atoms. The highest BCUT2D eigenvalue weighted by atomic mass is 16.2. The summed E-state index contributed by atoms with van der Waals surface area (Å²) in [6.45, 7) is 0.309. The number of rotatable bonds is 3. The molecule has 0 saturated carbocycles. The van der Waals surface area contributed by atoms with Gasteiger partial charge in [0.05, 0.1) is 11.4 Å². The third kappa shape index (κ3) is 2.07. The van der Waals surface area contributed by atoms with E-state index in [1.165, 1.54) is 0 Å². The Morgan fingerprint density at radius 3 is 2.88 bits per heavy atom. The largest absolute Gasteiger partial charge is 0.372 e. The predicted octanol–water partition coefficient (Wildman–Crippen LogP) is 2.12. The van der Waals surface area contributed by atoms with E-state index in [0.717, 1.165) is 11.4 Å². The van der Waals surface area contributed by atoms with Gasteiger partial charge in [-0.05, 0) is 24.1 Å². The number of para-hydroxylation sites is 2. The fourth-order valence-electron chi connectivity index (χ4n) is 1.63. The van der Waals surface area contributed by atoms with Gasteiger partial charge in [-0.3, -0.25) is 4.79 Å². The van der Waals surface area contributed by atoms with E-state index in [-0.39, 0.29) is 11.9 Å². The molecule has 1 amide bonds. The third-order valence-electron chi connectivity index (χ3n) is 2.41. The molecule has 0 radical (unpaired) electrons. The molecule has 0 fully saturated rings. The van der Waals surface area contributed by atoms with Gasteiger partial charge in [0.1, 0.15) is 6.04 Å². The molecule has 0 spiro atoms. The zero-order valence-corrected chi connectivity index (χ0v) is 8.55. The van der Waals surface area contributed by atoms with Gasteiger partial charge in [0.15, 0.2) is 0 Å². The minimum absolute atomic E-state index is 0.0909. The average Bonchev–Trinajstić information content (AvgIpc) is 2.30. The summed E-state index contributed by atoms with van der Waals surface area (Å²) in [5.41, 5.74) is 9.84. The fourth-order valence-corrected chi connectivity index (χ4v) is 1.63. The van der Waals surface area contributed by atoms with Gasteiger partial charge in [0.2, 0.25) is 5.91 Å². The summed E-state index contributed by atoms with van der Waals surface area (Å²) in [7, 11) is 0. The van der Waals surface area contributed by atoms with Crippen LogP contribution in [-0.2, 0) is 4.79 Å². The summed E-state index contributed by atoms with van der Waals surface area (Å²) in [5.74, 6) is -0.0909. The SMILES string of the molecule is [N-]=[N+]=NCC[C@H]1Nc2ccccc2NC1=O. The molecule has 2 N–H and O–H groups in total. The molecule has 82 valence electrons. The van der Waals surface area contributed by atoms with Crippen molar-refractivity contribution in [3.8, 4) is 0 Å². The molecular weight excluding hydrogens is 206 g/mol. The number of carbonyl (C=O) groups excluding carboxylic acids is 1. The maximum Gasteiger partial charge on any atom is 0.246 e. The highest BCUT2D eigenvalue weighted by Crippen LogP contribution is 2.26. The Morgan fingerprint density at radius 2 is 2.12 bits per heavy atom. The Bertz CT molecular complexity index is 452. The number of nitrogens with zero attached hydrogens (tertiary/aromatic N) is 3. The van der Waals surface area contributed by atoms with E-state index in [2.05, 4.69) is 20.7 Å². The minimum atomic E-state index is -0.333. The first-order valence-corrected chi connectivity index (χ1v) is 4.98. The van der Waals surface area contributed by atoms with Crippen molar-refractivity contribution in [1.29, 1.82) is 0 Å². The molecule has 1 aliphatic heterocycles. The van der Waals surface area contributed by atoms with Crippen LogP contribution >= 0.6 is 0 Å². The van der Waals surface area contributed by atoms with E-state index < -0.39 is 0 Å². The molecule has 0 unspecified atom stereocenters. The molecule has 0 aliphatic carbocycles. The Morgan fingerprint density at radius 1 is 1.38 bits per heavy atom. The van der Waals surface area contributed by atoms with Crippen LogP contribution in [-0.4, -0.2) is 18.5 Å². The molecule has 0 aromatic heterocycles. The Hall–Kier alpha value is -2.20. The van der Waals surface area contributed by atoms with Gasteiger partial charge in [-0.15, -0.1) is 0 Å². The van der Waals surface area contributed by atoms with E-state index in [4.69, 9.17) is 5.53 Å². The van der Waals surface area contributed by atoms with Crippen LogP contribution in [0.25, 0.3) is 10.4 Å². The fraction of sp³-hybridized carbons (Fsp3) is 0.300. The van der Waals surface area contributed by atoms with Gasteiger partial charge in [-0.25, -0.2) is 0 Å². The Kier molecular flexibility index (Phi) is 2.93. The van der Waals surface area contributed by atoms with Gasteiger partial charge in [-0.2, -0.15) is 0 Å². The van der Waals surface area contributed by atoms with Crippen LogP contribution in [0.5, 0.6) is 0 Å². The number of anilines is 2. The van der Waals surface area contributed by atoms with Crippen molar-refractivity contribution in [2.24, 2.45) is 5.11 Å². The zero-order chi connectivity index (χ0) is 11.4. The summed E-state index contributed by atoms with van der Waals surface area (Å²) in [4.78, 5) is 14.3. The van der Waals surface area contributed by atoms with Crippen molar-refractivity contribution in [2.45, 2.75) is 12.5 Å². The van der Waals surface area contributed by atoms with Crippen LogP contribution in [0, 0.1) is 0 Å². The van der Waals surface area contributed by atoms with Crippen molar-refractivity contribution in [3.05, 3.63) is 34.7 Å². The van der Waals surface area contributed by atoms with Crippen LogP contribution in [0.3, 0.4) is 0 Å². The third-order valence-corrected chi connectivity index (χ3v) is 2.41. The number of fused-ring (bicyclic) bond motifs is 1. The second-order valence-corrected chi connectivity index (χ2v) is 3.47. The molecule has 6 heteroatoms. The molecule has 1 aromatic carbocycles. The second kappa shape index (κ2) is 4.55. The first-order chi connectivity index (χ1) is 7.81. The molecule has 1 aliphatic rings. The van der Waals surface area contributed by atoms with Crippen LogP contribution in [0.4, 0.5) is 11.4 Å². The first kappa shape index (κ1) is 10.3. The van der Waals surface area contributed by atoms with E-state index in [9.17, 15) is 4.79 Å². The number of azide groups is 1. The maximum absolute atomic E-state index is 11.6. The number of hydrogen-bond acceptors (Lipinski definition) is 3. The number of hydrogen-bond donors (Lipinski definition) is 2. The summed E-state index contributed by atoms with van der Waals surface area (Å²) in [5, 5.41) is 9.33. The van der Waals surface area contributed by atoms with Crippen molar-refractivity contribution in [3.63, 3.8) is 0 Å². The lowest BCUT2D eigenvalue weighted by Crippen LogP contribution is -2.39. The number of carbonyl (C=O) groups is 1. The van der Waals surface area contributed by atoms with Gasteiger partial charge < -0.3 is 10.6 Å². The number of nitrogens with one attached hydrogen (secondary N) is 2. The van der Waals surface area contributed by atoms with Crippen molar-refractivity contribution >= 4 is 17.3 Å². The van der Waals surface area contributed by atoms with Crippen LogP contribution in [0.15, 0.2) is 29.4 Å². The monoisotopic (exact) mass is 217 g/mol. The van der Waals surface area contributed by atoms with Crippen LogP contribution in [0.2, 0.25) is 0 Å². The lowest BCUT2D eigenvalue weighted by atomic mass is 10.1. The van der Waals surface area contributed by atoms with Gasteiger partial charge in [-0.1, -0.05) is 17.2 Å². The van der Waals surface area contributed by atoms with E-state index in [1.807, 2.05) is 24.3 Å². The Balaban J connectivity index is 2.09. The second-order valence-electron chi connectivity index (χ2n) is 3.47. The number of benzene rings is 1. The van der Waals surface area contributed by atoms with E-state index >= 15 is 0 Å². The van der Waals surface area contributed by atoms with Gasteiger partial charge in [0, 0.05) is 11.5 Å². The summed E-state index contributed by atoms with van der Waals surface area (Å²) in [6, 6.07) is 7.16. The minimum Gasteiger partial charge on any atom is -0.372 e. The lowest BCUT2D eigenvalue weighted by molar-refractivity contribution is -0.117. The predicted molar refractivity (Wildman–Crippen MR) is 61.1 cm³/mol. The molecule has 1 aromatic rings. The Labute approximate surface area is 92.3 Å². The van der Waals surface area contributed by atoms with Gasteiger partial charge in [0.25, 0.3) is 0 Å². The normalized spacial score (nSPS) is 17.8. The topological polar surface area (TPSA) is 89.9 Å². The zero-order valence-electron chi connectivity index (χ0n) is 8.55. The molecule has 0 bridgehead atoms. The number of amides is 1. The highest BCUT2D eigenvalue weighted by molar-refractivity contribution is 6.02. The van der Waals surface area contributed by atoms with E-state index in [0.29, 0.717) is 13.0 Å². The summed E-state index contributed by atoms with van der Waals surface area (Å²) < 4.78 is 0. The standard InChI is InChI=1S/C10H11N5O/c11-15-12-6-5-9-10(16)14-8-4-2-1-3-7(8)13-9/h1-4,9,13H,5-6H2,(H,14,16)/t9-/m1/s1. The smallest absolute Gasteiger partial charge is 0.246 e. The van der Waals surface area contributed by atoms with Crippen LogP contribution < -0.4 is 10.6 Å². The summed E-state index contributed by atoms with van der Waals surface area (Å²) >= 11 is 0. The molecule has 2 rings (SSSR count). The lowest BCUT2D eigenvalue weighted by Gasteiger charge is -2.26. The molecule has 1 heterocycles. The highest BCUT2D eigenvalue weighted by Gasteiger charge is 2.23. The average molecular weight is 217 g/mol. The molecular formula is C10H11N5O. The molecule has 0 saturated heterocycles. The quantitative estimate of drug-likeness (QED) is 0.461. The molecule has 1 atom stereocenters. The van der Waals surface area contributed by atoms with Crippen molar-refractivity contribution in [2.75, 3.05) is 17.2 Å². The van der Waals surface area contributed by atoms with Crippen molar-refractivity contribution in [1.82, 2.24) is 0 Å².